The molecule has 0 saturated heterocycles. The number of rotatable bonds is 4. The molecule has 3 nitrogen and oxygen atoms in total. The molecule has 1 rings (SSSR count). The molecule has 0 aromatic rings. The molecule has 0 aromatic heterocycles. The normalized spacial score (nSPS) is 24.1. The molecule has 88 valence electrons. The quantitative estimate of drug-likeness (QED) is 0.743. The predicted octanol–water partition coefficient (Wildman–Crippen LogP) is 2.62. The zero-order valence-corrected chi connectivity index (χ0v) is 10.1. The van der Waals surface area contributed by atoms with Crippen LogP contribution in [0.1, 0.15) is 20.3 Å². The second-order valence-corrected chi connectivity index (χ2v) is 4.51. The lowest BCUT2D eigenvalue weighted by Gasteiger charge is -2.28. The van der Waals surface area contributed by atoms with Gasteiger partial charge in [-0.25, -0.2) is 0 Å². The van der Waals surface area contributed by atoms with E-state index in [2.05, 4.69) is 0 Å². The highest BCUT2D eigenvalue weighted by Crippen LogP contribution is 2.31. The van der Waals surface area contributed by atoms with Crippen molar-refractivity contribution in [2.24, 2.45) is 23.7 Å². The van der Waals surface area contributed by atoms with Crippen LogP contribution >= 0.6 is 0 Å². The van der Waals surface area contributed by atoms with Crippen LogP contribution in [-0.4, -0.2) is 5.78 Å². The second-order valence-electron chi connectivity index (χ2n) is 4.51. The van der Waals surface area contributed by atoms with Crippen molar-refractivity contribution < 1.29 is 4.79 Å². The lowest BCUT2D eigenvalue weighted by atomic mass is 9.75. The summed E-state index contributed by atoms with van der Waals surface area (Å²) in [5, 5.41) is 17.6. The van der Waals surface area contributed by atoms with Crippen molar-refractivity contribution in [1.29, 1.82) is 10.5 Å². The number of carbonyl (C=O) groups is 1. The molecule has 1 aliphatic carbocycles. The number of hydrogen-bond acceptors (Lipinski definition) is 3. The summed E-state index contributed by atoms with van der Waals surface area (Å²) in [6.45, 7) is 3.58. The number of ketones is 1. The molecule has 0 spiro atoms. The van der Waals surface area contributed by atoms with Crippen LogP contribution in [0, 0.1) is 46.3 Å². The van der Waals surface area contributed by atoms with Crippen LogP contribution in [0.4, 0.5) is 0 Å². The first-order chi connectivity index (χ1) is 8.10. The minimum absolute atomic E-state index is 0.0988. The zero-order valence-electron chi connectivity index (χ0n) is 10.1. The molecule has 0 fully saturated rings. The predicted molar refractivity (Wildman–Crippen MR) is 64.4 cm³/mol. The number of carbonyl (C=O) groups excluding carboxylic acids is 1. The highest BCUT2D eigenvalue weighted by molar-refractivity contribution is 5.81. The fraction of sp³-hybridized carbons (Fsp3) is 0.500. The van der Waals surface area contributed by atoms with E-state index in [0.717, 1.165) is 0 Å². The standard InChI is InChI=1S/C14H16N2O/c1-10(7-12(8-15)9-16)13-5-3-4-6-14(13)11(2)17/h3-6,10,12-14H,7H2,1-2H3/t10-,13?,14?/m1/s1. The van der Waals surface area contributed by atoms with Crippen molar-refractivity contribution in [3.05, 3.63) is 24.3 Å². The zero-order chi connectivity index (χ0) is 12.8. The van der Waals surface area contributed by atoms with Gasteiger partial charge in [0.2, 0.25) is 0 Å². The first-order valence-corrected chi connectivity index (χ1v) is 5.74. The Kier molecular flexibility index (Phi) is 4.67. The van der Waals surface area contributed by atoms with Crippen molar-refractivity contribution in [3.8, 4) is 12.1 Å². The molecule has 2 unspecified atom stereocenters. The smallest absolute Gasteiger partial charge is 0.137 e. The summed E-state index contributed by atoms with van der Waals surface area (Å²) in [6, 6.07) is 3.96. The van der Waals surface area contributed by atoms with Gasteiger partial charge in [-0.15, -0.1) is 0 Å². The van der Waals surface area contributed by atoms with E-state index in [1.165, 1.54) is 0 Å². The number of nitriles is 2. The van der Waals surface area contributed by atoms with Gasteiger partial charge in [-0.2, -0.15) is 10.5 Å². The lowest BCUT2D eigenvalue weighted by molar-refractivity contribution is -0.120. The number of allylic oxidation sites excluding steroid dienone is 4. The van der Waals surface area contributed by atoms with Gasteiger partial charge in [0.25, 0.3) is 0 Å². The molecule has 0 aromatic carbocycles. The van der Waals surface area contributed by atoms with Crippen molar-refractivity contribution in [2.45, 2.75) is 20.3 Å². The molecule has 0 aliphatic heterocycles. The van der Waals surface area contributed by atoms with Crippen LogP contribution in [0.25, 0.3) is 0 Å². The van der Waals surface area contributed by atoms with Gasteiger partial charge in [0.1, 0.15) is 11.7 Å². The number of hydrogen-bond donors (Lipinski definition) is 0. The monoisotopic (exact) mass is 228 g/mol. The summed E-state index contributed by atoms with van der Waals surface area (Å²) in [5.74, 6) is -0.325. The van der Waals surface area contributed by atoms with Gasteiger partial charge in [-0.3, -0.25) is 4.79 Å². The summed E-state index contributed by atoms with van der Waals surface area (Å²) in [6.07, 6.45) is 8.22. The average molecular weight is 228 g/mol. The number of Topliss-reactive ketones (excluding diaryl/α,β-unsaturated/α-hetero) is 1. The van der Waals surface area contributed by atoms with Gasteiger partial charge in [0.15, 0.2) is 0 Å². The molecular formula is C14H16N2O. The summed E-state index contributed by atoms with van der Waals surface area (Å²) in [4.78, 5) is 11.5. The maximum atomic E-state index is 11.5. The summed E-state index contributed by atoms with van der Waals surface area (Å²) in [5.41, 5.74) is 0. The fourth-order valence-electron chi connectivity index (χ4n) is 2.24. The van der Waals surface area contributed by atoms with Crippen LogP contribution in [0.2, 0.25) is 0 Å². The Morgan fingerprint density at radius 1 is 1.29 bits per heavy atom. The van der Waals surface area contributed by atoms with Crippen LogP contribution in [-0.2, 0) is 4.79 Å². The molecule has 0 bridgehead atoms. The van der Waals surface area contributed by atoms with E-state index in [9.17, 15) is 4.79 Å². The third-order valence-electron chi connectivity index (χ3n) is 3.22. The first-order valence-electron chi connectivity index (χ1n) is 5.74. The van der Waals surface area contributed by atoms with Gasteiger partial charge < -0.3 is 0 Å². The maximum Gasteiger partial charge on any atom is 0.137 e. The van der Waals surface area contributed by atoms with E-state index in [4.69, 9.17) is 10.5 Å². The Balaban J connectivity index is 2.75. The maximum absolute atomic E-state index is 11.5. The van der Waals surface area contributed by atoms with Crippen molar-refractivity contribution in [3.63, 3.8) is 0 Å². The molecule has 3 heteroatoms. The molecule has 0 amide bonds. The van der Waals surface area contributed by atoms with Gasteiger partial charge in [-0.05, 0) is 25.2 Å². The highest BCUT2D eigenvalue weighted by Gasteiger charge is 2.28. The lowest BCUT2D eigenvalue weighted by Crippen LogP contribution is -2.26. The van der Waals surface area contributed by atoms with E-state index < -0.39 is 5.92 Å². The van der Waals surface area contributed by atoms with E-state index in [1.807, 2.05) is 43.4 Å². The Morgan fingerprint density at radius 3 is 2.41 bits per heavy atom. The van der Waals surface area contributed by atoms with Crippen LogP contribution in [0.15, 0.2) is 24.3 Å². The Labute approximate surface area is 102 Å². The SMILES string of the molecule is CC(=O)C1C=CC=CC1[C@H](C)CC(C#N)C#N. The van der Waals surface area contributed by atoms with E-state index >= 15 is 0 Å². The van der Waals surface area contributed by atoms with Crippen molar-refractivity contribution in [1.82, 2.24) is 0 Å². The van der Waals surface area contributed by atoms with E-state index in [0.29, 0.717) is 6.42 Å². The molecule has 3 atom stereocenters. The number of nitrogens with zero attached hydrogens (tertiary/aromatic N) is 2. The average Bonchev–Trinajstić information content (AvgIpc) is 2.35. The van der Waals surface area contributed by atoms with Crippen molar-refractivity contribution >= 4 is 5.78 Å². The summed E-state index contributed by atoms with van der Waals surface area (Å²) < 4.78 is 0. The van der Waals surface area contributed by atoms with E-state index in [1.54, 1.807) is 6.92 Å². The highest BCUT2D eigenvalue weighted by atomic mass is 16.1. The molecule has 17 heavy (non-hydrogen) atoms. The largest absolute Gasteiger partial charge is 0.299 e. The van der Waals surface area contributed by atoms with Crippen LogP contribution in [0.3, 0.4) is 0 Å². The molecule has 0 heterocycles. The fourth-order valence-corrected chi connectivity index (χ4v) is 2.24. The minimum Gasteiger partial charge on any atom is -0.299 e. The summed E-state index contributed by atoms with van der Waals surface area (Å²) >= 11 is 0. The second kappa shape index (κ2) is 6.01. The third-order valence-corrected chi connectivity index (χ3v) is 3.22. The minimum atomic E-state index is -0.586. The topological polar surface area (TPSA) is 64.7 Å². The third kappa shape index (κ3) is 3.29. The van der Waals surface area contributed by atoms with Gasteiger partial charge >= 0.3 is 0 Å². The summed E-state index contributed by atoms with van der Waals surface area (Å²) in [7, 11) is 0. The first kappa shape index (κ1) is 13.2. The van der Waals surface area contributed by atoms with Crippen molar-refractivity contribution in [2.75, 3.05) is 0 Å². The van der Waals surface area contributed by atoms with Crippen LogP contribution < -0.4 is 0 Å². The van der Waals surface area contributed by atoms with Gasteiger partial charge in [0, 0.05) is 5.92 Å². The molecular weight excluding hydrogens is 212 g/mol. The molecule has 0 N–H and O–H groups in total. The Hall–Kier alpha value is -1.87. The van der Waals surface area contributed by atoms with Gasteiger partial charge in [-0.1, -0.05) is 31.2 Å². The molecule has 0 radical (unpaired) electrons. The Bertz CT molecular complexity index is 408. The van der Waals surface area contributed by atoms with E-state index in [-0.39, 0.29) is 23.5 Å². The van der Waals surface area contributed by atoms with Gasteiger partial charge in [0.05, 0.1) is 12.1 Å². The molecule has 0 saturated carbocycles. The molecule has 1 aliphatic rings. The Morgan fingerprint density at radius 2 is 1.88 bits per heavy atom. The van der Waals surface area contributed by atoms with Crippen LogP contribution in [0.5, 0.6) is 0 Å².